The zero-order chi connectivity index (χ0) is 19.0. The van der Waals surface area contributed by atoms with Gasteiger partial charge in [-0.05, 0) is 11.6 Å². The number of fused-ring (bicyclic) bond motifs is 3. The van der Waals surface area contributed by atoms with E-state index in [0.29, 0.717) is 23.1 Å². The average molecular weight is 382 g/mol. The van der Waals surface area contributed by atoms with Crippen molar-refractivity contribution in [1.82, 2.24) is 9.97 Å². The summed E-state index contributed by atoms with van der Waals surface area (Å²) in [6.07, 6.45) is 1.67. The molecule has 2 aromatic carbocycles. The molecule has 5 nitrogen and oxygen atoms in total. The van der Waals surface area contributed by atoms with Gasteiger partial charge in [-0.2, -0.15) is 0 Å². The number of halogens is 1. The molecule has 2 aromatic heterocycles. The molecule has 27 heavy (non-hydrogen) atoms. The van der Waals surface area contributed by atoms with Gasteiger partial charge in [0.25, 0.3) is 0 Å². The van der Waals surface area contributed by atoms with Crippen LogP contribution in [0.5, 0.6) is 11.5 Å². The lowest BCUT2D eigenvalue weighted by molar-refractivity contribution is 0.285. The summed E-state index contributed by atoms with van der Waals surface area (Å²) in [6, 6.07) is 14.0. The third kappa shape index (κ3) is 3.15. The normalized spacial score (nSPS) is 11.1. The summed E-state index contributed by atoms with van der Waals surface area (Å²) in [4.78, 5) is 9.85. The first-order chi connectivity index (χ1) is 13.1. The van der Waals surface area contributed by atoms with Gasteiger partial charge in [-0.25, -0.2) is 4.98 Å². The Bertz CT molecular complexity index is 1110. The SMILES string of the molecule is COc1cc2c(cc1OCc1ccccc1)[nH]c1c(Cl)cnc(N(C)C)c12. The highest BCUT2D eigenvalue weighted by atomic mass is 35.5. The lowest BCUT2D eigenvalue weighted by Crippen LogP contribution is -2.10. The monoisotopic (exact) mass is 381 g/mol. The van der Waals surface area contributed by atoms with Gasteiger partial charge in [0.05, 0.1) is 34.7 Å². The number of ether oxygens (including phenoxy) is 2. The Kier molecular flexibility index (Phi) is 4.54. The maximum absolute atomic E-state index is 6.39. The minimum atomic E-state index is 0.466. The second kappa shape index (κ2) is 7.00. The number of hydrogen-bond donors (Lipinski definition) is 1. The van der Waals surface area contributed by atoms with Crippen molar-refractivity contribution in [2.45, 2.75) is 6.61 Å². The van der Waals surface area contributed by atoms with Crippen molar-refractivity contribution in [3.8, 4) is 11.5 Å². The van der Waals surface area contributed by atoms with E-state index in [0.717, 1.165) is 33.2 Å². The molecule has 0 amide bonds. The van der Waals surface area contributed by atoms with Gasteiger partial charge in [0.15, 0.2) is 11.5 Å². The molecule has 0 unspecified atom stereocenters. The van der Waals surface area contributed by atoms with E-state index in [1.807, 2.05) is 61.5 Å². The summed E-state index contributed by atoms with van der Waals surface area (Å²) in [5.41, 5.74) is 2.87. The van der Waals surface area contributed by atoms with Gasteiger partial charge < -0.3 is 19.4 Å². The van der Waals surface area contributed by atoms with Crippen LogP contribution in [0, 0.1) is 0 Å². The molecule has 2 heterocycles. The molecule has 0 bridgehead atoms. The molecule has 0 fully saturated rings. The van der Waals surface area contributed by atoms with Crippen molar-refractivity contribution in [3.05, 3.63) is 59.2 Å². The fourth-order valence-electron chi connectivity index (χ4n) is 3.21. The highest BCUT2D eigenvalue weighted by Crippen LogP contribution is 2.40. The molecule has 0 aliphatic carbocycles. The Morgan fingerprint density at radius 1 is 1.11 bits per heavy atom. The first-order valence-corrected chi connectivity index (χ1v) is 8.98. The van der Waals surface area contributed by atoms with E-state index >= 15 is 0 Å². The van der Waals surface area contributed by atoms with Crippen LogP contribution in [0.25, 0.3) is 21.8 Å². The van der Waals surface area contributed by atoms with Crippen molar-refractivity contribution in [2.24, 2.45) is 0 Å². The Hall–Kier alpha value is -2.92. The average Bonchev–Trinajstić information content (AvgIpc) is 3.05. The molecular formula is C21H20ClN3O2. The quantitative estimate of drug-likeness (QED) is 0.527. The van der Waals surface area contributed by atoms with Crippen molar-refractivity contribution < 1.29 is 9.47 Å². The molecule has 1 N–H and O–H groups in total. The number of hydrogen-bond acceptors (Lipinski definition) is 4. The molecule has 4 rings (SSSR count). The lowest BCUT2D eigenvalue weighted by atomic mass is 10.1. The minimum absolute atomic E-state index is 0.466. The van der Waals surface area contributed by atoms with Gasteiger partial charge in [-0.15, -0.1) is 0 Å². The van der Waals surface area contributed by atoms with Crippen LogP contribution < -0.4 is 14.4 Å². The number of pyridine rings is 1. The van der Waals surface area contributed by atoms with Crippen molar-refractivity contribution in [3.63, 3.8) is 0 Å². The Labute approximate surface area is 162 Å². The molecule has 0 atom stereocenters. The summed E-state index contributed by atoms with van der Waals surface area (Å²) in [7, 11) is 5.57. The number of nitrogens with one attached hydrogen (secondary N) is 1. The van der Waals surface area contributed by atoms with E-state index in [-0.39, 0.29) is 0 Å². The number of aromatic amines is 1. The number of anilines is 1. The molecule has 0 saturated heterocycles. The van der Waals surface area contributed by atoms with Gasteiger partial charge >= 0.3 is 0 Å². The molecule has 4 aromatic rings. The number of H-pyrrole nitrogens is 1. The van der Waals surface area contributed by atoms with Gasteiger partial charge in [0, 0.05) is 25.5 Å². The minimum Gasteiger partial charge on any atom is -0.493 e. The summed E-state index contributed by atoms with van der Waals surface area (Å²) in [5, 5.41) is 2.54. The van der Waals surface area contributed by atoms with E-state index in [4.69, 9.17) is 21.1 Å². The molecule has 0 saturated carbocycles. The molecule has 0 aliphatic rings. The zero-order valence-corrected chi connectivity index (χ0v) is 16.2. The Balaban J connectivity index is 1.84. The number of benzene rings is 2. The predicted molar refractivity (Wildman–Crippen MR) is 110 cm³/mol. The van der Waals surface area contributed by atoms with Crippen molar-refractivity contribution in [2.75, 3.05) is 26.1 Å². The van der Waals surface area contributed by atoms with Crippen LogP contribution >= 0.6 is 11.6 Å². The van der Waals surface area contributed by atoms with E-state index < -0.39 is 0 Å². The Morgan fingerprint density at radius 2 is 1.89 bits per heavy atom. The molecular weight excluding hydrogens is 362 g/mol. The molecule has 0 aliphatic heterocycles. The van der Waals surface area contributed by atoms with Crippen LogP contribution in [0.4, 0.5) is 5.82 Å². The highest BCUT2D eigenvalue weighted by Gasteiger charge is 2.17. The summed E-state index contributed by atoms with van der Waals surface area (Å²) < 4.78 is 11.6. The van der Waals surface area contributed by atoms with Crippen LogP contribution in [-0.2, 0) is 6.61 Å². The summed E-state index contributed by atoms with van der Waals surface area (Å²) in [6.45, 7) is 0.466. The third-order valence-electron chi connectivity index (χ3n) is 4.51. The largest absolute Gasteiger partial charge is 0.493 e. The van der Waals surface area contributed by atoms with Crippen LogP contribution in [0.3, 0.4) is 0 Å². The number of aromatic nitrogens is 2. The van der Waals surface area contributed by atoms with Gasteiger partial charge in [0.2, 0.25) is 0 Å². The maximum atomic E-state index is 6.39. The lowest BCUT2D eigenvalue weighted by Gasteiger charge is -2.14. The second-order valence-corrected chi connectivity index (χ2v) is 6.93. The van der Waals surface area contributed by atoms with Crippen LogP contribution in [0.15, 0.2) is 48.7 Å². The van der Waals surface area contributed by atoms with E-state index in [2.05, 4.69) is 9.97 Å². The zero-order valence-electron chi connectivity index (χ0n) is 15.4. The second-order valence-electron chi connectivity index (χ2n) is 6.52. The topological polar surface area (TPSA) is 50.4 Å². The standard InChI is InChI=1S/C21H20ClN3O2/c1-25(2)21-19-14-9-17(26-3)18(27-12-13-7-5-4-6-8-13)10-16(14)24-20(19)15(22)11-23-21/h4-11,24H,12H2,1-3H3. The van der Waals surface area contributed by atoms with Crippen LogP contribution in [0.2, 0.25) is 5.02 Å². The van der Waals surface area contributed by atoms with E-state index in [1.54, 1.807) is 13.3 Å². The van der Waals surface area contributed by atoms with Crippen molar-refractivity contribution >= 4 is 39.2 Å². The van der Waals surface area contributed by atoms with Crippen LogP contribution in [0.1, 0.15) is 5.56 Å². The Morgan fingerprint density at radius 3 is 2.59 bits per heavy atom. The molecule has 6 heteroatoms. The van der Waals surface area contributed by atoms with Crippen molar-refractivity contribution in [1.29, 1.82) is 0 Å². The third-order valence-corrected chi connectivity index (χ3v) is 4.79. The first kappa shape index (κ1) is 17.5. The summed E-state index contributed by atoms with van der Waals surface area (Å²) in [5.74, 6) is 2.19. The van der Waals surface area contributed by atoms with Crippen LogP contribution in [-0.4, -0.2) is 31.2 Å². The fraction of sp³-hybridized carbons (Fsp3) is 0.190. The predicted octanol–water partition coefficient (Wildman–Crippen LogP) is 5.02. The summed E-state index contributed by atoms with van der Waals surface area (Å²) >= 11 is 6.39. The smallest absolute Gasteiger partial charge is 0.163 e. The number of nitrogens with zero attached hydrogens (tertiary/aromatic N) is 2. The molecule has 138 valence electrons. The fourth-order valence-corrected chi connectivity index (χ4v) is 3.40. The first-order valence-electron chi connectivity index (χ1n) is 8.60. The highest BCUT2D eigenvalue weighted by molar-refractivity contribution is 6.36. The number of rotatable bonds is 5. The van der Waals surface area contributed by atoms with E-state index in [9.17, 15) is 0 Å². The van der Waals surface area contributed by atoms with Gasteiger partial charge in [-0.3, -0.25) is 0 Å². The molecule has 0 radical (unpaired) electrons. The molecule has 0 spiro atoms. The van der Waals surface area contributed by atoms with E-state index in [1.165, 1.54) is 0 Å². The van der Waals surface area contributed by atoms with Gasteiger partial charge in [0.1, 0.15) is 12.4 Å². The van der Waals surface area contributed by atoms with Gasteiger partial charge in [-0.1, -0.05) is 41.9 Å². The number of methoxy groups -OCH3 is 1. The maximum Gasteiger partial charge on any atom is 0.163 e.